The molecule has 0 saturated carbocycles. The van der Waals surface area contributed by atoms with E-state index in [9.17, 15) is 26.8 Å². The lowest BCUT2D eigenvalue weighted by molar-refractivity contribution is -0.142. The van der Waals surface area contributed by atoms with Crippen LogP contribution in [0.4, 0.5) is 14.5 Å². The summed E-state index contributed by atoms with van der Waals surface area (Å²) in [5, 5.41) is 3.52. The average Bonchev–Trinajstić information content (AvgIpc) is 2.90. The van der Waals surface area contributed by atoms with Crippen LogP contribution >= 0.6 is 11.6 Å². The number of carbonyl (C=O) groups is 2. The maximum absolute atomic E-state index is 13.9. The van der Waals surface area contributed by atoms with Crippen LogP contribution in [0, 0.1) is 11.6 Å². The van der Waals surface area contributed by atoms with Crippen molar-refractivity contribution < 1.29 is 26.8 Å². The summed E-state index contributed by atoms with van der Waals surface area (Å²) in [5.74, 6) is -2.97. The van der Waals surface area contributed by atoms with Crippen molar-refractivity contribution in [2.24, 2.45) is 0 Å². The van der Waals surface area contributed by atoms with Gasteiger partial charge in [0.25, 0.3) is 0 Å². The van der Waals surface area contributed by atoms with Crippen LogP contribution in [0.5, 0.6) is 0 Å². The number of nitrogens with one attached hydrogen (secondary N) is 1. The smallest absolute Gasteiger partial charge is 0.243 e. The van der Waals surface area contributed by atoms with Gasteiger partial charge in [-0.2, -0.15) is 0 Å². The summed E-state index contributed by atoms with van der Waals surface area (Å²) in [6, 6.07) is 18.3. The van der Waals surface area contributed by atoms with Crippen LogP contribution in [0.2, 0.25) is 5.02 Å². The molecule has 7 nitrogen and oxygen atoms in total. The highest BCUT2D eigenvalue weighted by Gasteiger charge is 2.32. The topological polar surface area (TPSA) is 86.8 Å². The lowest BCUT2D eigenvalue weighted by atomic mass is 10.00. The predicted molar refractivity (Wildman–Crippen MR) is 162 cm³/mol. The fourth-order valence-electron chi connectivity index (χ4n) is 4.44. The van der Waals surface area contributed by atoms with E-state index in [1.54, 1.807) is 24.3 Å². The minimum Gasteiger partial charge on any atom is -0.350 e. The Morgan fingerprint density at radius 2 is 1.57 bits per heavy atom. The van der Waals surface area contributed by atoms with E-state index in [-0.39, 0.29) is 49.9 Å². The maximum Gasteiger partial charge on any atom is 0.243 e. The lowest BCUT2D eigenvalue weighted by Crippen LogP contribution is -2.54. The van der Waals surface area contributed by atoms with Gasteiger partial charge in [0.2, 0.25) is 21.8 Å². The van der Waals surface area contributed by atoms with Crippen molar-refractivity contribution in [2.45, 2.75) is 58.2 Å². The highest BCUT2D eigenvalue weighted by Crippen LogP contribution is 2.23. The van der Waals surface area contributed by atoms with E-state index in [2.05, 4.69) is 5.32 Å². The van der Waals surface area contributed by atoms with Gasteiger partial charge in [-0.15, -0.1) is 0 Å². The number of amides is 2. The zero-order valence-corrected chi connectivity index (χ0v) is 25.7. The zero-order chi connectivity index (χ0) is 31.1. The van der Waals surface area contributed by atoms with Gasteiger partial charge in [-0.25, -0.2) is 17.2 Å². The van der Waals surface area contributed by atoms with E-state index in [4.69, 9.17) is 11.6 Å². The Morgan fingerprint density at radius 1 is 0.929 bits per heavy atom. The molecule has 0 saturated heterocycles. The van der Waals surface area contributed by atoms with Gasteiger partial charge in [0.05, 0.1) is 11.9 Å². The first-order valence-corrected chi connectivity index (χ1v) is 15.7. The summed E-state index contributed by atoms with van der Waals surface area (Å²) in [5.41, 5.74) is 1.02. The van der Waals surface area contributed by atoms with Crippen LogP contribution in [-0.2, 0) is 32.6 Å². The molecule has 0 radical (unpaired) electrons. The second kappa shape index (κ2) is 14.1. The highest BCUT2D eigenvalue weighted by molar-refractivity contribution is 7.92. The van der Waals surface area contributed by atoms with Crippen molar-refractivity contribution in [1.82, 2.24) is 10.2 Å². The van der Waals surface area contributed by atoms with E-state index < -0.39 is 33.2 Å². The Morgan fingerprint density at radius 3 is 2.14 bits per heavy atom. The summed E-state index contributed by atoms with van der Waals surface area (Å²) in [6.07, 6.45) is 1.18. The van der Waals surface area contributed by atoms with E-state index in [1.165, 1.54) is 11.0 Å². The molecule has 0 aliphatic carbocycles. The lowest BCUT2D eigenvalue weighted by Gasteiger charge is -2.34. The van der Waals surface area contributed by atoms with E-state index >= 15 is 0 Å². The number of rotatable bonds is 12. The molecule has 2 amide bonds. The fourth-order valence-corrected chi connectivity index (χ4v) is 5.52. The Bertz CT molecular complexity index is 1480. The number of hydrogen-bond donors (Lipinski definition) is 1. The second-order valence-electron chi connectivity index (χ2n) is 11.1. The van der Waals surface area contributed by atoms with Gasteiger partial charge < -0.3 is 10.2 Å². The Hall–Kier alpha value is -3.50. The molecule has 0 fully saturated rings. The van der Waals surface area contributed by atoms with Crippen molar-refractivity contribution in [1.29, 1.82) is 0 Å². The van der Waals surface area contributed by atoms with Crippen LogP contribution in [0.15, 0.2) is 72.8 Å². The molecule has 0 heterocycles. The third-order valence-corrected chi connectivity index (χ3v) is 7.82. The molecule has 0 aliphatic rings. The number of hydrogen-bond acceptors (Lipinski definition) is 4. The molecule has 3 rings (SSSR count). The molecule has 3 aromatic carbocycles. The number of anilines is 1. The van der Waals surface area contributed by atoms with Crippen molar-refractivity contribution >= 4 is 39.1 Å². The van der Waals surface area contributed by atoms with Gasteiger partial charge >= 0.3 is 0 Å². The summed E-state index contributed by atoms with van der Waals surface area (Å²) in [7, 11) is -3.87. The minimum absolute atomic E-state index is 0.0478. The Balaban J connectivity index is 1.90. The standard InChI is InChI=1S/C31H36ClF2N3O4S/c1-31(2,3)35-30(39)28(19-22-9-6-5-7-10-22)36(21-23-12-14-24(32)15-13-23)29(38)11-8-18-37(42(4,40)41)25-16-17-26(33)27(34)20-25/h5-7,9-10,12-17,20,28H,8,11,18-19,21H2,1-4H3,(H,35,39). The highest BCUT2D eigenvalue weighted by atomic mass is 35.5. The predicted octanol–water partition coefficient (Wildman–Crippen LogP) is 5.72. The molecule has 226 valence electrons. The molecule has 11 heteroatoms. The second-order valence-corrected chi connectivity index (χ2v) is 13.5. The van der Waals surface area contributed by atoms with E-state index in [1.807, 2.05) is 51.1 Å². The summed E-state index contributed by atoms with van der Waals surface area (Å²) in [4.78, 5) is 29.0. The monoisotopic (exact) mass is 619 g/mol. The molecule has 3 aromatic rings. The van der Waals surface area contributed by atoms with Gasteiger partial charge in [-0.1, -0.05) is 54.1 Å². The molecule has 1 unspecified atom stereocenters. The first-order valence-electron chi connectivity index (χ1n) is 13.5. The maximum atomic E-state index is 13.9. The van der Waals surface area contributed by atoms with Crippen molar-refractivity contribution in [3.63, 3.8) is 0 Å². The first-order chi connectivity index (χ1) is 19.6. The van der Waals surface area contributed by atoms with Crippen molar-refractivity contribution in [3.8, 4) is 0 Å². The van der Waals surface area contributed by atoms with Crippen LogP contribution in [0.3, 0.4) is 0 Å². The molecule has 1 atom stereocenters. The Labute approximate surface area is 251 Å². The van der Waals surface area contributed by atoms with E-state index in [0.29, 0.717) is 5.02 Å². The fraction of sp³-hybridized carbons (Fsp3) is 0.355. The van der Waals surface area contributed by atoms with E-state index in [0.717, 1.165) is 33.8 Å². The SMILES string of the molecule is CC(C)(C)NC(=O)C(Cc1ccccc1)N(Cc1ccc(Cl)cc1)C(=O)CCCN(c1ccc(F)c(F)c1)S(C)(=O)=O. The Kier molecular flexibility index (Phi) is 11.1. The van der Waals surface area contributed by atoms with Gasteiger partial charge in [0.15, 0.2) is 11.6 Å². The number of benzene rings is 3. The molecular weight excluding hydrogens is 584 g/mol. The summed E-state index contributed by atoms with van der Waals surface area (Å²) in [6.45, 7) is 5.53. The molecule has 0 bridgehead atoms. The van der Waals surface area contributed by atoms with Crippen LogP contribution in [-0.4, -0.2) is 49.5 Å². The molecule has 1 N–H and O–H groups in total. The van der Waals surface area contributed by atoms with Gasteiger partial charge in [-0.05, 0) is 62.6 Å². The van der Waals surface area contributed by atoms with Crippen molar-refractivity contribution in [2.75, 3.05) is 17.1 Å². The number of sulfonamides is 1. The van der Waals surface area contributed by atoms with Crippen molar-refractivity contribution in [3.05, 3.63) is 101 Å². The summed E-state index contributed by atoms with van der Waals surface area (Å²) < 4.78 is 53.3. The number of nitrogens with zero attached hydrogens (tertiary/aromatic N) is 2. The summed E-state index contributed by atoms with van der Waals surface area (Å²) >= 11 is 6.06. The quantitative estimate of drug-likeness (QED) is 0.281. The zero-order valence-electron chi connectivity index (χ0n) is 24.1. The van der Waals surface area contributed by atoms with Crippen LogP contribution < -0.4 is 9.62 Å². The molecular formula is C31H36ClF2N3O4S. The third kappa shape index (κ3) is 9.80. The largest absolute Gasteiger partial charge is 0.350 e. The molecule has 0 aliphatic heterocycles. The molecule has 42 heavy (non-hydrogen) atoms. The molecule has 0 spiro atoms. The van der Waals surface area contributed by atoms with Crippen LogP contribution in [0.1, 0.15) is 44.7 Å². The average molecular weight is 620 g/mol. The molecule has 0 aromatic heterocycles. The van der Waals surface area contributed by atoms with Crippen LogP contribution in [0.25, 0.3) is 0 Å². The minimum atomic E-state index is -3.87. The van der Waals surface area contributed by atoms with Gasteiger partial charge in [0, 0.05) is 42.6 Å². The first kappa shape index (κ1) is 33.0. The third-order valence-electron chi connectivity index (χ3n) is 6.38. The number of halogens is 3. The van der Waals surface area contributed by atoms with Gasteiger partial charge in [-0.3, -0.25) is 13.9 Å². The normalized spacial score (nSPS) is 12.5. The van der Waals surface area contributed by atoms with Gasteiger partial charge in [0.1, 0.15) is 6.04 Å². The number of carbonyl (C=O) groups excluding carboxylic acids is 2.